The average molecular weight is 293 g/mol. The minimum absolute atomic E-state index is 0.232. The summed E-state index contributed by atoms with van der Waals surface area (Å²) in [7, 11) is 1.61. The first-order valence-electron chi connectivity index (χ1n) is 6.89. The molecule has 0 bridgehead atoms. The Labute approximate surface area is 128 Å². The van der Waals surface area contributed by atoms with Crippen LogP contribution in [0.4, 0.5) is 0 Å². The Kier molecular flexibility index (Phi) is 3.96. The Balaban J connectivity index is 1.82. The van der Waals surface area contributed by atoms with Gasteiger partial charge in [-0.05, 0) is 12.1 Å². The lowest BCUT2D eigenvalue weighted by atomic mass is 10.1. The van der Waals surface area contributed by atoms with Gasteiger partial charge in [-0.25, -0.2) is 9.97 Å². The number of ether oxygens (including phenoxy) is 1. The van der Waals surface area contributed by atoms with Crippen LogP contribution < -0.4 is 10.1 Å². The van der Waals surface area contributed by atoms with Crippen molar-refractivity contribution >= 4 is 16.8 Å². The van der Waals surface area contributed by atoms with E-state index in [-0.39, 0.29) is 5.91 Å². The number of methoxy groups -OCH3 is 1. The second-order valence-electron chi connectivity index (χ2n) is 4.73. The van der Waals surface area contributed by atoms with Crippen molar-refractivity contribution in [2.75, 3.05) is 7.11 Å². The third-order valence-corrected chi connectivity index (χ3v) is 3.39. The summed E-state index contributed by atoms with van der Waals surface area (Å²) < 4.78 is 5.28. The number of benzene rings is 2. The Morgan fingerprint density at radius 1 is 1.09 bits per heavy atom. The van der Waals surface area contributed by atoms with E-state index in [0.29, 0.717) is 12.2 Å². The van der Waals surface area contributed by atoms with Crippen LogP contribution in [0.3, 0.4) is 0 Å². The number of hydrogen-bond donors (Lipinski definition) is 1. The summed E-state index contributed by atoms with van der Waals surface area (Å²) in [5, 5.41) is 3.61. The fourth-order valence-electron chi connectivity index (χ4n) is 2.29. The molecule has 0 fully saturated rings. The molecule has 0 aliphatic heterocycles. The van der Waals surface area contributed by atoms with E-state index in [4.69, 9.17) is 4.74 Å². The number of amides is 1. The molecule has 1 amide bonds. The first kappa shape index (κ1) is 14.0. The molecule has 0 atom stereocenters. The SMILES string of the molecule is COc1ccccc1CNC(=O)c1ncnc2ccccc12. The number of rotatable bonds is 4. The molecule has 110 valence electrons. The summed E-state index contributed by atoms with van der Waals surface area (Å²) in [6.07, 6.45) is 1.40. The number of fused-ring (bicyclic) bond motifs is 1. The van der Waals surface area contributed by atoms with Crippen LogP contribution in [0.5, 0.6) is 5.75 Å². The first-order chi connectivity index (χ1) is 10.8. The molecule has 0 radical (unpaired) electrons. The maximum Gasteiger partial charge on any atom is 0.270 e. The number of carbonyl (C=O) groups is 1. The minimum Gasteiger partial charge on any atom is -0.496 e. The predicted molar refractivity (Wildman–Crippen MR) is 83.7 cm³/mol. The molecule has 0 saturated carbocycles. The van der Waals surface area contributed by atoms with Crippen LogP contribution in [0, 0.1) is 0 Å². The molecule has 3 aromatic rings. The van der Waals surface area contributed by atoms with Crippen LogP contribution in [-0.4, -0.2) is 23.0 Å². The molecule has 0 spiro atoms. The van der Waals surface area contributed by atoms with Crippen molar-refractivity contribution in [3.8, 4) is 5.75 Å². The Morgan fingerprint density at radius 2 is 1.86 bits per heavy atom. The number of carbonyl (C=O) groups excluding carboxylic acids is 1. The van der Waals surface area contributed by atoms with Gasteiger partial charge in [-0.15, -0.1) is 0 Å². The Morgan fingerprint density at radius 3 is 2.73 bits per heavy atom. The molecule has 1 aromatic heterocycles. The van der Waals surface area contributed by atoms with E-state index in [2.05, 4.69) is 15.3 Å². The quantitative estimate of drug-likeness (QED) is 0.803. The fourth-order valence-corrected chi connectivity index (χ4v) is 2.29. The molecule has 0 aliphatic rings. The number of nitrogens with one attached hydrogen (secondary N) is 1. The molecule has 5 heteroatoms. The molecule has 0 unspecified atom stereocenters. The van der Waals surface area contributed by atoms with Gasteiger partial charge in [0.1, 0.15) is 17.8 Å². The lowest BCUT2D eigenvalue weighted by Crippen LogP contribution is -2.24. The molecule has 5 nitrogen and oxygen atoms in total. The highest BCUT2D eigenvalue weighted by molar-refractivity contribution is 6.04. The van der Waals surface area contributed by atoms with Gasteiger partial charge in [-0.2, -0.15) is 0 Å². The smallest absolute Gasteiger partial charge is 0.270 e. The number of nitrogens with zero attached hydrogens (tertiary/aromatic N) is 2. The third kappa shape index (κ3) is 2.74. The fraction of sp³-hybridized carbons (Fsp3) is 0.118. The summed E-state index contributed by atoms with van der Waals surface area (Å²) >= 11 is 0. The van der Waals surface area contributed by atoms with Crippen molar-refractivity contribution in [3.63, 3.8) is 0 Å². The van der Waals surface area contributed by atoms with E-state index in [1.807, 2.05) is 48.5 Å². The zero-order valence-corrected chi connectivity index (χ0v) is 12.1. The topological polar surface area (TPSA) is 64.1 Å². The van der Waals surface area contributed by atoms with Crippen molar-refractivity contribution in [2.45, 2.75) is 6.54 Å². The molecule has 22 heavy (non-hydrogen) atoms. The third-order valence-electron chi connectivity index (χ3n) is 3.39. The van der Waals surface area contributed by atoms with Crippen molar-refractivity contribution in [1.29, 1.82) is 0 Å². The van der Waals surface area contributed by atoms with Crippen molar-refractivity contribution in [3.05, 3.63) is 66.1 Å². The molecule has 1 N–H and O–H groups in total. The van der Waals surface area contributed by atoms with Gasteiger partial charge >= 0.3 is 0 Å². The van der Waals surface area contributed by atoms with Gasteiger partial charge < -0.3 is 10.1 Å². The van der Waals surface area contributed by atoms with Crippen LogP contribution in [0.1, 0.15) is 16.1 Å². The monoisotopic (exact) mass is 293 g/mol. The second-order valence-corrected chi connectivity index (χ2v) is 4.73. The van der Waals surface area contributed by atoms with E-state index in [0.717, 1.165) is 22.2 Å². The van der Waals surface area contributed by atoms with Crippen molar-refractivity contribution in [1.82, 2.24) is 15.3 Å². The van der Waals surface area contributed by atoms with E-state index in [1.54, 1.807) is 7.11 Å². The predicted octanol–water partition coefficient (Wildman–Crippen LogP) is 2.57. The highest BCUT2D eigenvalue weighted by Crippen LogP contribution is 2.18. The van der Waals surface area contributed by atoms with Gasteiger partial charge in [0.25, 0.3) is 5.91 Å². The highest BCUT2D eigenvalue weighted by Gasteiger charge is 2.12. The van der Waals surface area contributed by atoms with Crippen LogP contribution >= 0.6 is 0 Å². The summed E-state index contributed by atoms with van der Waals surface area (Å²) in [6.45, 7) is 0.376. The van der Waals surface area contributed by atoms with Crippen molar-refractivity contribution < 1.29 is 9.53 Å². The summed E-state index contributed by atoms with van der Waals surface area (Å²) in [6, 6.07) is 15.0. The summed E-state index contributed by atoms with van der Waals surface area (Å²) in [5.41, 5.74) is 2.04. The van der Waals surface area contributed by atoms with E-state index >= 15 is 0 Å². The molecule has 1 heterocycles. The van der Waals surface area contributed by atoms with E-state index in [9.17, 15) is 4.79 Å². The number of aromatic nitrogens is 2. The number of hydrogen-bond acceptors (Lipinski definition) is 4. The normalized spacial score (nSPS) is 10.4. The van der Waals surface area contributed by atoms with Gasteiger partial charge in [-0.1, -0.05) is 36.4 Å². The van der Waals surface area contributed by atoms with Gasteiger partial charge in [0.05, 0.1) is 12.6 Å². The molecule has 3 rings (SSSR count). The Bertz CT molecular complexity index is 812. The van der Waals surface area contributed by atoms with Crippen molar-refractivity contribution in [2.24, 2.45) is 0 Å². The van der Waals surface area contributed by atoms with Crippen LogP contribution in [0.2, 0.25) is 0 Å². The van der Waals surface area contributed by atoms with E-state index < -0.39 is 0 Å². The van der Waals surface area contributed by atoms with Gasteiger partial charge in [0.2, 0.25) is 0 Å². The standard InChI is InChI=1S/C17H15N3O2/c1-22-15-9-5-2-6-12(15)10-18-17(21)16-13-7-3-4-8-14(13)19-11-20-16/h2-9,11H,10H2,1H3,(H,18,21). The van der Waals surface area contributed by atoms with Gasteiger partial charge in [0.15, 0.2) is 0 Å². The highest BCUT2D eigenvalue weighted by atomic mass is 16.5. The maximum atomic E-state index is 12.4. The Hall–Kier alpha value is -2.95. The molecule has 0 aliphatic carbocycles. The lowest BCUT2D eigenvalue weighted by molar-refractivity contribution is 0.0947. The number of para-hydroxylation sites is 2. The second kappa shape index (κ2) is 6.22. The van der Waals surface area contributed by atoms with E-state index in [1.165, 1.54) is 6.33 Å². The molecule has 0 saturated heterocycles. The first-order valence-corrected chi connectivity index (χ1v) is 6.89. The van der Waals surface area contributed by atoms with Gasteiger partial charge in [0, 0.05) is 17.5 Å². The zero-order chi connectivity index (χ0) is 15.4. The largest absolute Gasteiger partial charge is 0.496 e. The zero-order valence-electron chi connectivity index (χ0n) is 12.1. The minimum atomic E-state index is -0.232. The summed E-state index contributed by atoms with van der Waals surface area (Å²) in [4.78, 5) is 20.7. The van der Waals surface area contributed by atoms with Crippen LogP contribution in [-0.2, 0) is 6.54 Å². The lowest BCUT2D eigenvalue weighted by Gasteiger charge is -2.10. The summed E-state index contributed by atoms with van der Waals surface area (Å²) in [5.74, 6) is 0.514. The average Bonchev–Trinajstić information content (AvgIpc) is 2.59. The molecular weight excluding hydrogens is 278 g/mol. The van der Waals surface area contributed by atoms with Crippen LogP contribution in [0.15, 0.2) is 54.9 Å². The molecular formula is C17H15N3O2. The molecule has 2 aromatic carbocycles. The van der Waals surface area contributed by atoms with Gasteiger partial charge in [-0.3, -0.25) is 4.79 Å². The maximum absolute atomic E-state index is 12.4. The van der Waals surface area contributed by atoms with Crippen LogP contribution in [0.25, 0.3) is 10.9 Å².